The minimum absolute atomic E-state index is 0. The van der Waals surface area contributed by atoms with Crippen LogP contribution in [0.15, 0.2) is 48.5 Å². The van der Waals surface area contributed by atoms with Crippen LogP contribution in [0.25, 0.3) is 10.9 Å². The summed E-state index contributed by atoms with van der Waals surface area (Å²) in [5, 5.41) is 5.05. The summed E-state index contributed by atoms with van der Waals surface area (Å²) >= 11 is 12.3. The van der Waals surface area contributed by atoms with E-state index in [9.17, 15) is 4.79 Å². The molecular weight excluding hydrogens is 797 g/mol. The van der Waals surface area contributed by atoms with Gasteiger partial charge in [0.05, 0.1) is 15.7 Å². The zero-order valence-electron chi connectivity index (χ0n) is 24.9. The second-order valence-corrected chi connectivity index (χ2v) is 11.5. The van der Waals surface area contributed by atoms with Gasteiger partial charge in [-0.3, -0.25) is 9.88 Å². The number of hydrogen-bond acceptors (Lipinski definition) is 6. The van der Waals surface area contributed by atoms with Gasteiger partial charge in [0.1, 0.15) is 0 Å². The Labute approximate surface area is 285 Å². The second-order valence-electron chi connectivity index (χ2n) is 10.7. The molecule has 0 bridgehead atoms. The molecule has 0 spiro atoms. The molecular formula is C32H42Cl2N4O3U. The number of halogens is 2. The molecule has 2 aromatic carbocycles. The summed E-state index contributed by atoms with van der Waals surface area (Å²) in [5.41, 5.74) is 1.85. The summed E-state index contributed by atoms with van der Waals surface area (Å²) in [6.45, 7) is 16.1. The average Bonchev–Trinajstić information content (AvgIpc) is 2.97. The summed E-state index contributed by atoms with van der Waals surface area (Å²) < 4.78 is 10.3. The fourth-order valence-electron chi connectivity index (χ4n) is 4.69. The van der Waals surface area contributed by atoms with Gasteiger partial charge in [-0.05, 0) is 48.5 Å². The van der Waals surface area contributed by atoms with Crippen LogP contribution >= 0.6 is 23.2 Å². The van der Waals surface area contributed by atoms with Crippen molar-refractivity contribution >= 4 is 45.9 Å². The van der Waals surface area contributed by atoms with Gasteiger partial charge >= 0.3 is 37.2 Å². The molecule has 10 heteroatoms. The third-order valence-corrected chi connectivity index (χ3v) is 7.55. The molecule has 1 unspecified atom stereocenters. The molecule has 226 valence electrons. The quantitative estimate of drug-likeness (QED) is 0.160. The number of carbonyl (C=O) groups excluding carboxylic acids is 1. The van der Waals surface area contributed by atoms with Crippen LogP contribution in [0.1, 0.15) is 40.0 Å². The van der Waals surface area contributed by atoms with E-state index in [1.54, 1.807) is 12.1 Å². The summed E-state index contributed by atoms with van der Waals surface area (Å²) in [7, 11) is 0. The Kier molecular flexibility index (Phi) is 17.0. The summed E-state index contributed by atoms with van der Waals surface area (Å²) in [4.78, 5) is 20.7. The van der Waals surface area contributed by atoms with Crippen LogP contribution in [0, 0.1) is 55.9 Å². The molecule has 0 radical (unpaired) electrons. The Morgan fingerprint density at radius 2 is 1.88 bits per heavy atom. The van der Waals surface area contributed by atoms with Gasteiger partial charge in [-0.2, -0.15) is 30.7 Å². The normalized spacial score (nSPS) is 14.0. The number of anilines is 1. The number of piperazine rings is 1. The number of fused-ring (bicyclic) bond motifs is 1. The van der Waals surface area contributed by atoms with Crippen LogP contribution in [0.3, 0.4) is 0 Å². The molecule has 7 nitrogen and oxygen atoms in total. The first-order chi connectivity index (χ1) is 19.8. The van der Waals surface area contributed by atoms with Crippen molar-refractivity contribution in [3.63, 3.8) is 0 Å². The topological polar surface area (TPSA) is 66.9 Å². The van der Waals surface area contributed by atoms with Crippen LogP contribution in [0.4, 0.5) is 10.5 Å². The zero-order valence-corrected chi connectivity index (χ0v) is 30.5. The SMILES string of the molecule is CC(C)CC(C)CNC(=O)OCOc1ccc2cc[c-]cc2n1.[CH2-]CCCN1CCN(c2cccc(Cl)c2Cl)CC1.[U+2]. The van der Waals surface area contributed by atoms with Crippen molar-refractivity contribution in [3.05, 3.63) is 71.6 Å². The van der Waals surface area contributed by atoms with Crippen molar-refractivity contribution < 1.29 is 45.4 Å². The number of rotatable bonds is 11. The number of carbonyl (C=O) groups is 1. The van der Waals surface area contributed by atoms with Crippen LogP contribution in [0.2, 0.25) is 10.0 Å². The third-order valence-electron chi connectivity index (χ3n) is 6.75. The zero-order chi connectivity index (χ0) is 29.6. The minimum atomic E-state index is -0.477. The first-order valence-electron chi connectivity index (χ1n) is 14.3. The fourth-order valence-corrected chi connectivity index (χ4v) is 5.11. The molecule has 1 aliphatic rings. The first-order valence-corrected chi connectivity index (χ1v) is 15.0. The number of unbranched alkanes of at least 4 members (excludes halogenated alkanes) is 1. The standard InChI is InChI=1S/C18H23N2O3.C14H19Cl2N2.U/c1-13(2)10-14(3)11-19-18(21)23-12-22-17-9-8-15-6-4-5-7-16(15)20-17;1-2-3-7-17-8-10-18(11-9-17)13-6-4-5-12(15)14(13)16;/h4,6-9,13-14H,10-12H2,1-3H3,(H,19,21);4-6H,1-3,7-11H2;/q2*-1;+2. The van der Waals surface area contributed by atoms with Crippen LogP contribution in [-0.4, -0.2) is 62.0 Å². The van der Waals surface area contributed by atoms with Crippen molar-refractivity contribution in [2.45, 2.75) is 40.0 Å². The van der Waals surface area contributed by atoms with E-state index in [0.717, 1.165) is 62.2 Å². The Morgan fingerprint density at radius 3 is 2.60 bits per heavy atom. The van der Waals surface area contributed by atoms with Crippen molar-refractivity contribution in [1.82, 2.24) is 15.2 Å². The van der Waals surface area contributed by atoms with Gasteiger partial charge in [-0.25, -0.2) is 4.79 Å². The average molecular weight is 840 g/mol. The number of nitrogens with zero attached hydrogens (tertiary/aromatic N) is 3. The smallest absolute Gasteiger partial charge is 0.441 e. The largest absolute Gasteiger partial charge is 2.00 e. The van der Waals surface area contributed by atoms with Gasteiger partial charge in [-0.1, -0.05) is 62.5 Å². The maximum absolute atomic E-state index is 11.6. The number of ether oxygens (including phenoxy) is 2. The maximum atomic E-state index is 11.6. The van der Waals surface area contributed by atoms with E-state index < -0.39 is 6.09 Å². The Bertz CT molecular complexity index is 1230. The van der Waals surface area contributed by atoms with Crippen LogP contribution in [0.5, 0.6) is 5.88 Å². The van der Waals surface area contributed by atoms with E-state index in [-0.39, 0.29) is 37.9 Å². The summed E-state index contributed by atoms with van der Waals surface area (Å²) in [6.07, 6.45) is 2.78. The van der Waals surface area contributed by atoms with E-state index >= 15 is 0 Å². The second kappa shape index (κ2) is 19.6. The summed E-state index contributed by atoms with van der Waals surface area (Å²) in [6, 6.07) is 18.0. The molecule has 1 N–H and O–H groups in total. The first kappa shape index (κ1) is 36.5. The molecule has 0 saturated carbocycles. The van der Waals surface area contributed by atoms with Crippen molar-refractivity contribution in [3.8, 4) is 5.88 Å². The van der Waals surface area contributed by atoms with E-state index in [1.165, 1.54) is 6.42 Å². The molecule has 1 amide bonds. The van der Waals surface area contributed by atoms with E-state index in [1.807, 2.05) is 36.4 Å². The van der Waals surface area contributed by atoms with E-state index in [2.05, 4.69) is 53.9 Å². The number of pyridine rings is 1. The van der Waals surface area contributed by atoms with Gasteiger partial charge in [0.2, 0.25) is 12.7 Å². The van der Waals surface area contributed by atoms with Gasteiger partial charge in [0, 0.05) is 32.7 Å². The van der Waals surface area contributed by atoms with E-state index in [0.29, 0.717) is 34.3 Å². The molecule has 2 heterocycles. The Balaban J connectivity index is 0.000000295. The molecule has 1 atom stereocenters. The monoisotopic (exact) mass is 838 g/mol. The molecule has 1 aliphatic heterocycles. The maximum Gasteiger partial charge on any atom is 2.00 e. The van der Waals surface area contributed by atoms with Crippen LogP contribution < -0.4 is 15.0 Å². The van der Waals surface area contributed by atoms with Crippen molar-refractivity contribution in [2.24, 2.45) is 11.8 Å². The number of benzene rings is 2. The van der Waals surface area contributed by atoms with Crippen molar-refractivity contribution in [1.29, 1.82) is 0 Å². The fraction of sp³-hybridized carbons (Fsp3) is 0.469. The molecule has 1 fully saturated rings. The minimum Gasteiger partial charge on any atom is -0.441 e. The Morgan fingerprint density at radius 1 is 1.12 bits per heavy atom. The molecule has 0 aliphatic carbocycles. The molecule has 3 aromatic rings. The number of hydrogen-bond donors (Lipinski definition) is 1. The number of amides is 1. The number of aromatic nitrogens is 1. The molecule has 1 aromatic heterocycles. The molecule has 4 rings (SSSR count). The molecule has 42 heavy (non-hydrogen) atoms. The van der Waals surface area contributed by atoms with Crippen molar-refractivity contribution in [2.75, 3.05) is 51.0 Å². The van der Waals surface area contributed by atoms with E-state index in [4.69, 9.17) is 32.7 Å². The van der Waals surface area contributed by atoms with Gasteiger partial charge < -0.3 is 26.6 Å². The van der Waals surface area contributed by atoms with Gasteiger partial charge in [0.15, 0.2) is 0 Å². The summed E-state index contributed by atoms with van der Waals surface area (Å²) in [5.74, 6) is 1.45. The predicted octanol–water partition coefficient (Wildman–Crippen LogP) is 7.51. The van der Waals surface area contributed by atoms with Gasteiger partial charge in [0.25, 0.3) is 0 Å². The number of nitrogens with one attached hydrogen (secondary N) is 1. The third kappa shape index (κ3) is 12.5. The predicted molar refractivity (Wildman–Crippen MR) is 169 cm³/mol. The van der Waals surface area contributed by atoms with Gasteiger partial charge in [-0.15, -0.1) is 5.39 Å². The number of alkyl carbamates (subject to hydrolysis) is 1. The van der Waals surface area contributed by atoms with Crippen LogP contribution in [-0.2, 0) is 4.74 Å². The molecule has 1 saturated heterocycles. The Hall–Kier alpha value is -1.69.